The number of carbonyl (C=O) groups is 2. The molecule has 34 heavy (non-hydrogen) atoms. The Balaban J connectivity index is 1.50. The number of fused-ring (bicyclic) bond motifs is 3. The summed E-state index contributed by atoms with van der Waals surface area (Å²) in [7, 11) is 0. The van der Waals surface area contributed by atoms with Crippen molar-refractivity contribution in [2.45, 2.75) is 85.4 Å². The second-order valence-corrected chi connectivity index (χ2v) is 12.1. The Bertz CT molecular complexity index is 1080. The molecule has 0 aromatic heterocycles. The van der Waals surface area contributed by atoms with Crippen LogP contribution in [-0.2, 0) is 19.1 Å². The summed E-state index contributed by atoms with van der Waals surface area (Å²) in [5.74, 6) is 0.427. The Morgan fingerprint density at radius 1 is 1.06 bits per heavy atom. The molecule has 182 valence electrons. The third-order valence-corrected chi connectivity index (χ3v) is 10.0. The molecular formula is C30H38O4. The van der Waals surface area contributed by atoms with E-state index in [2.05, 4.69) is 45.1 Å². The van der Waals surface area contributed by atoms with Crippen molar-refractivity contribution in [2.24, 2.45) is 28.6 Å². The van der Waals surface area contributed by atoms with Crippen LogP contribution >= 0.6 is 0 Å². The number of carbonyl (C=O) groups excluding carboxylic acids is 2. The third-order valence-electron chi connectivity index (χ3n) is 10.0. The minimum atomic E-state index is -0.592. The fraction of sp³-hybridized carbons (Fsp3) is 0.600. The van der Waals surface area contributed by atoms with E-state index in [1.54, 1.807) is 6.08 Å². The smallest absolute Gasteiger partial charge is 0.333 e. The maximum absolute atomic E-state index is 12.2. The highest BCUT2D eigenvalue weighted by atomic mass is 16.6. The number of esters is 2. The molecule has 6 atom stereocenters. The zero-order valence-corrected chi connectivity index (χ0v) is 21.4. The molecule has 0 radical (unpaired) electrons. The van der Waals surface area contributed by atoms with E-state index < -0.39 is 5.60 Å². The number of rotatable bonds is 2. The van der Waals surface area contributed by atoms with Gasteiger partial charge in [-0.3, -0.25) is 0 Å². The SMILES string of the molecule is CC1=CC[C@H]([C@@H](C)[C@H]2CC[C@@]3(C)C4=C(C=C5C=CC(=O)OC(C)(C)[C@@H]5C=C4)CC[C@]23C)OC1=O. The number of hydrogen-bond acceptors (Lipinski definition) is 4. The van der Waals surface area contributed by atoms with Crippen LogP contribution < -0.4 is 0 Å². The first kappa shape index (κ1) is 23.4. The lowest BCUT2D eigenvalue weighted by Gasteiger charge is -2.51. The molecule has 1 saturated carbocycles. The Hall–Kier alpha value is -2.36. The van der Waals surface area contributed by atoms with Gasteiger partial charge in [0.1, 0.15) is 11.7 Å². The quantitative estimate of drug-likeness (QED) is 0.446. The number of ether oxygens (including phenoxy) is 2. The van der Waals surface area contributed by atoms with E-state index >= 15 is 0 Å². The highest BCUT2D eigenvalue weighted by molar-refractivity contribution is 5.88. The Morgan fingerprint density at radius 2 is 1.82 bits per heavy atom. The minimum absolute atomic E-state index is 0.0310. The third kappa shape index (κ3) is 3.39. The molecule has 4 heteroatoms. The molecule has 1 fully saturated rings. The van der Waals surface area contributed by atoms with Crippen LogP contribution in [0.3, 0.4) is 0 Å². The van der Waals surface area contributed by atoms with Gasteiger partial charge in [0.15, 0.2) is 0 Å². The topological polar surface area (TPSA) is 52.6 Å². The second kappa shape index (κ2) is 7.83. The van der Waals surface area contributed by atoms with Crippen molar-refractivity contribution in [1.82, 2.24) is 0 Å². The molecule has 0 N–H and O–H groups in total. The van der Waals surface area contributed by atoms with Crippen molar-refractivity contribution in [2.75, 3.05) is 0 Å². The van der Waals surface area contributed by atoms with E-state index in [9.17, 15) is 9.59 Å². The molecule has 0 spiro atoms. The molecule has 0 aromatic rings. The van der Waals surface area contributed by atoms with Crippen molar-refractivity contribution < 1.29 is 19.1 Å². The van der Waals surface area contributed by atoms with E-state index in [-0.39, 0.29) is 34.8 Å². The van der Waals surface area contributed by atoms with Crippen molar-refractivity contribution in [3.05, 3.63) is 58.7 Å². The average molecular weight is 463 g/mol. The van der Waals surface area contributed by atoms with Gasteiger partial charge in [-0.25, -0.2) is 9.59 Å². The maximum Gasteiger partial charge on any atom is 0.333 e. The van der Waals surface area contributed by atoms with Crippen LogP contribution in [0.5, 0.6) is 0 Å². The zero-order chi connectivity index (χ0) is 24.5. The fourth-order valence-electron chi connectivity index (χ4n) is 7.66. The van der Waals surface area contributed by atoms with E-state index in [0.717, 1.165) is 43.3 Å². The molecule has 0 unspecified atom stereocenters. The summed E-state index contributed by atoms with van der Waals surface area (Å²) in [5.41, 5.74) is 4.35. The highest BCUT2D eigenvalue weighted by Crippen LogP contribution is 2.67. The molecule has 0 saturated heterocycles. The molecule has 3 aliphatic carbocycles. The molecule has 4 nitrogen and oxygen atoms in total. The predicted octanol–water partition coefficient (Wildman–Crippen LogP) is 6.40. The summed E-state index contributed by atoms with van der Waals surface area (Å²) in [6.07, 6.45) is 17.7. The van der Waals surface area contributed by atoms with Gasteiger partial charge < -0.3 is 9.47 Å². The number of cyclic esters (lactones) is 2. The van der Waals surface area contributed by atoms with Gasteiger partial charge >= 0.3 is 11.9 Å². The lowest BCUT2D eigenvalue weighted by atomic mass is 9.53. The summed E-state index contributed by atoms with van der Waals surface area (Å²) in [5, 5.41) is 0. The summed E-state index contributed by atoms with van der Waals surface area (Å²) >= 11 is 0. The summed E-state index contributed by atoms with van der Waals surface area (Å²) in [6.45, 7) is 13.1. The van der Waals surface area contributed by atoms with Crippen LogP contribution in [0, 0.1) is 28.6 Å². The normalized spacial score (nSPS) is 39.5. The number of allylic oxidation sites excluding steroid dienone is 5. The first-order chi connectivity index (χ1) is 16.0. The van der Waals surface area contributed by atoms with Crippen LogP contribution in [0.15, 0.2) is 58.7 Å². The zero-order valence-electron chi connectivity index (χ0n) is 21.4. The fourth-order valence-corrected chi connectivity index (χ4v) is 7.66. The Morgan fingerprint density at radius 3 is 2.56 bits per heavy atom. The van der Waals surface area contributed by atoms with Crippen LogP contribution in [0.4, 0.5) is 0 Å². The number of hydrogen-bond donors (Lipinski definition) is 0. The van der Waals surface area contributed by atoms with Gasteiger partial charge in [-0.05, 0) is 85.8 Å². The average Bonchev–Trinajstić information content (AvgIpc) is 2.88. The largest absolute Gasteiger partial charge is 0.458 e. The van der Waals surface area contributed by atoms with Crippen LogP contribution in [0.1, 0.15) is 73.6 Å². The van der Waals surface area contributed by atoms with Gasteiger partial charge in [0, 0.05) is 24.0 Å². The van der Waals surface area contributed by atoms with Crippen LogP contribution in [0.25, 0.3) is 0 Å². The van der Waals surface area contributed by atoms with E-state index in [1.165, 1.54) is 11.1 Å². The van der Waals surface area contributed by atoms with E-state index in [0.29, 0.717) is 11.8 Å². The first-order valence-corrected chi connectivity index (χ1v) is 12.9. The van der Waals surface area contributed by atoms with Crippen molar-refractivity contribution in [3.63, 3.8) is 0 Å². The monoisotopic (exact) mass is 462 g/mol. The Kier molecular flexibility index (Phi) is 5.38. The summed E-state index contributed by atoms with van der Waals surface area (Å²) in [6, 6.07) is 0. The maximum atomic E-state index is 12.2. The van der Waals surface area contributed by atoms with Crippen molar-refractivity contribution in [1.29, 1.82) is 0 Å². The van der Waals surface area contributed by atoms with Gasteiger partial charge in [0.05, 0.1) is 0 Å². The van der Waals surface area contributed by atoms with Gasteiger partial charge in [-0.2, -0.15) is 0 Å². The van der Waals surface area contributed by atoms with Crippen molar-refractivity contribution in [3.8, 4) is 0 Å². The standard InChI is InChI=1S/C30H38O4/c1-18-7-11-25(33-27(18)32)19(2)22-14-16-30(6)24-10-9-23-20(8-12-26(31)34-28(23,3)4)17-21(24)13-15-29(22,30)5/h7-10,12,17,19,22-23,25H,11,13-16H2,1-6H3/t19-,22+,23+,25+,29+,30-/m0/s1. The van der Waals surface area contributed by atoms with Crippen molar-refractivity contribution >= 4 is 11.9 Å². The van der Waals surface area contributed by atoms with E-state index in [1.807, 2.05) is 26.8 Å². The molecular weight excluding hydrogens is 424 g/mol. The highest BCUT2D eigenvalue weighted by Gasteiger charge is 2.59. The lowest BCUT2D eigenvalue weighted by Crippen LogP contribution is -2.45. The molecule has 5 rings (SSSR count). The second-order valence-electron chi connectivity index (χ2n) is 12.1. The first-order valence-electron chi connectivity index (χ1n) is 12.9. The molecule has 0 aromatic carbocycles. The van der Waals surface area contributed by atoms with Gasteiger partial charge in [0.25, 0.3) is 0 Å². The Labute approximate surface area is 203 Å². The lowest BCUT2D eigenvalue weighted by molar-refractivity contribution is -0.152. The summed E-state index contributed by atoms with van der Waals surface area (Å²) in [4.78, 5) is 24.4. The van der Waals surface area contributed by atoms with E-state index in [4.69, 9.17) is 9.47 Å². The summed E-state index contributed by atoms with van der Waals surface area (Å²) < 4.78 is 11.6. The molecule has 0 bridgehead atoms. The van der Waals surface area contributed by atoms with Crippen LogP contribution in [-0.4, -0.2) is 23.6 Å². The molecule has 0 amide bonds. The molecule has 5 aliphatic rings. The van der Waals surface area contributed by atoms with Gasteiger partial charge in [0.2, 0.25) is 0 Å². The minimum Gasteiger partial charge on any atom is -0.458 e. The predicted molar refractivity (Wildman–Crippen MR) is 133 cm³/mol. The molecule has 2 aliphatic heterocycles. The van der Waals surface area contributed by atoms with Gasteiger partial charge in [-0.15, -0.1) is 0 Å². The van der Waals surface area contributed by atoms with Gasteiger partial charge in [-0.1, -0.05) is 51.2 Å². The molecule has 2 heterocycles. The van der Waals surface area contributed by atoms with Crippen LogP contribution in [0.2, 0.25) is 0 Å².